The molecule has 0 bridgehead atoms. The molecule has 1 unspecified atom stereocenters. The fourth-order valence-corrected chi connectivity index (χ4v) is 3.77. The van der Waals surface area contributed by atoms with Crippen LogP contribution in [0.2, 0.25) is 0 Å². The summed E-state index contributed by atoms with van der Waals surface area (Å²) >= 11 is 0. The van der Waals surface area contributed by atoms with Crippen molar-refractivity contribution in [3.8, 4) is 0 Å². The Bertz CT molecular complexity index is 1070. The number of rotatable bonds is 1. The molecule has 0 fully saturated rings. The van der Waals surface area contributed by atoms with Crippen LogP contribution in [0.25, 0.3) is 21.7 Å². The number of hydrogen-bond acceptors (Lipinski definition) is 2. The van der Waals surface area contributed by atoms with E-state index in [-0.39, 0.29) is 11.9 Å². The van der Waals surface area contributed by atoms with E-state index in [9.17, 15) is 4.39 Å². The molecule has 0 saturated carbocycles. The molecule has 1 aliphatic rings. The Kier molecular flexibility index (Phi) is 2.94. The summed E-state index contributed by atoms with van der Waals surface area (Å²) in [5.74, 6) is -0.183. The summed E-state index contributed by atoms with van der Waals surface area (Å²) in [6.07, 6.45) is 4.61. The number of H-pyrrole nitrogens is 1. The molecular formula is C20H16FN3. The summed E-state index contributed by atoms with van der Waals surface area (Å²) in [5.41, 5.74) is 4.58. The molecule has 0 radical (unpaired) electrons. The minimum Gasteiger partial charge on any atom is -0.357 e. The van der Waals surface area contributed by atoms with Crippen molar-refractivity contribution in [1.29, 1.82) is 0 Å². The van der Waals surface area contributed by atoms with Crippen LogP contribution in [0.4, 0.5) is 4.39 Å². The lowest BCUT2D eigenvalue weighted by Gasteiger charge is -2.25. The highest BCUT2D eigenvalue weighted by atomic mass is 19.1. The van der Waals surface area contributed by atoms with E-state index < -0.39 is 0 Å². The molecule has 118 valence electrons. The van der Waals surface area contributed by atoms with Gasteiger partial charge in [-0.2, -0.15) is 0 Å². The van der Waals surface area contributed by atoms with Gasteiger partial charge in [-0.25, -0.2) is 4.39 Å². The lowest BCUT2D eigenvalue weighted by molar-refractivity contribution is 0.560. The van der Waals surface area contributed by atoms with E-state index in [1.807, 2.05) is 24.5 Å². The maximum Gasteiger partial charge on any atom is 0.123 e. The number of aromatic nitrogens is 2. The zero-order chi connectivity index (χ0) is 16.1. The van der Waals surface area contributed by atoms with Gasteiger partial charge in [-0.05, 0) is 53.3 Å². The zero-order valence-electron chi connectivity index (χ0n) is 13.0. The van der Waals surface area contributed by atoms with Crippen molar-refractivity contribution >= 4 is 21.7 Å². The first-order valence-electron chi connectivity index (χ1n) is 8.17. The number of nitrogens with one attached hydrogen (secondary N) is 2. The van der Waals surface area contributed by atoms with Gasteiger partial charge in [0.25, 0.3) is 0 Å². The van der Waals surface area contributed by atoms with Crippen LogP contribution >= 0.6 is 0 Å². The maximum atomic E-state index is 13.6. The molecule has 2 N–H and O–H groups in total. The average molecular weight is 317 g/mol. The minimum absolute atomic E-state index is 0.0989. The Morgan fingerprint density at radius 3 is 2.96 bits per heavy atom. The summed E-state index contributed by atoms with van der Waals surface area (Å²) in [4.78, 5) is 7.67. The molecule has 24 heavy (non-hydrogen) atoms. The quantitative estimate of drug-likeness (QED) is 0.555. The van der Waals surface area contributed by atoms with Gasteiger partial charge in [-0.1, -0.05) is 12.1 Å². The normalized spacial score (nSPS) is 17.3. The van der Waals surface area contributed by atoms with Gasteiger partial charge in [0.2, 0.25) is 0 Å². The zero-order valence-corrected chi connectivity index (χ0v) is 13.0. The third-order valence-corrected chi connectivity index (χ3v) is 4.91. The van der Waals surface area contributed by atoms with Crippen LogP contribution in [0.15, 0.2) is 54.9 Å². The molecule has 2 aromatic carbocycles. The van der Waals surface area contributed by atoms with Crippen molar-refractivity contribution in [3.05, 3.63) is 77.5 Å². The highest BCUT2D eigenvalue weighted by Crippen LogP contribution is 2.34. The lowest BCUT2D eigenvalue weighted by Crippen LogP contribution is -2.30. The number of aromatic amines is 1. The number of halogens is 1. The first-order valence-corrected chi connectivity index (χ1v) is 8.17. The maximum absolute atomic E-state index is 13.6. The van der Waals surface area contributed by atoms with E-state index in [0.29, 0.717) is 0 Å². The number of benzene rings is 2. The predicted octanol–water partition coefficient (Wildman–Crippen LogP) is 4.09. The molecule has 3 heterocycles. The van der Waals surface area contributed by atoms with Gasteiger partial charge < -0.3 is 10.3 Å². The Balaban J connectivity index is 1.69. The molecule has 4 heteroatoms. The molecule has 2 aromatic heterocycles. The predicted molar refractivity (Wildman–Crippen MR) is 93.5 cm³/mol. The average Bonchev–Trinajstić information content (AvgIpc) is 2.99. The third kappa shape index (κ3) is 2.03. The van der Waals surface area contributed by atoms with Crippen LogP contribution in [0.3, 0.4) is 0 Å². The van der Waals surface area contributed by atoms with Crippen molar-refractivity contribution in [2.24, 2.45) is 0 Å². The van der Waals surface area contributed by atoms with Crippen LogP contribution in [0.5, 0.6) is 0 Å². The van der Waals surface area contributed by atoms with Gasteiger partial charge >= 0.3 is 0 Å². The Morgan fingerprint density at radius 1 is 1.04 bits per heavy atom. The van der Waals surface area contributed by atoms with E-state index in [4.69, 9.17) is 0 Å². The van der Waals surface area contributed by atoms with Crippen LogP contribution in [0.1, 0.15) is 22.9 Å². The molecule has 4 aromatic rings. The fourth-order valence-electron chi connectivity index (χ4n) is 3.77. The Morgan fingerprint density at radius 2 is 2.00 bits per heavy atom. The first-order chi connectivity index (χ1) is 11.8. The summed E-state index contributed by atoms with van der Waals surface area (Å²) < 4.78 is 13.6. The summed E-state index contributed by atoms with van der Waals surface area (Å²) in [6, 6.07) is 13.6. The molecule has 3 nitrogen and oxygen atoms in total. The highest BCUT2D eigenvalue weighted by molar-refractivity contribution is 5.86. The number of pyridine rings is 1. The SMILES string of the molecule is Fc1ccc2[nH]c3c(c2c1)CCNC3c1ccc2cnccc2c1. The molecule has 1 atom stereocenters. The van der Waals surface area contributed by atoms with Crippen molar-refractivity contribution in [3.63, 3.8) is 0 Å². The van der Waals surface area contributed by atoms with Crippen molar-refractivity contribution < 1.29 is 4.39 Å². The van der Waals surface area contributed by atoms with E-state index in [1.165, 1.54) is 22.6 Å². The van der Waals surface area contributed by atoms with Crippen molar-refractivity contribution in [1.82, 2.24) is 15.3 Å². The minimum atomic E-state index is -0.183. The van der Waals surface area contributed by atoms with Gasteiger partial charge in [-0.15, -0.1) is 0 Å². The van der Waals surface area contributed by atoms with E-state index in [2.05, 4.69) is 33.5 Å². The second-order valence-electron chi connectivity index (χ2n) is 6.33. The molecule has 0 aliphatic carbocycles. The largest absolute Gasteiger partial charge is 0.357 e. The lowest BCUT2D eigenvalue weighted by atomic mass is 9.93. The Labute approximate surface area is 138 Å². The van der Waals surface area contributed by atoms with E-state index in [1.54, 1.807) is 6.07 Å². The Hall–Kier alpha value is -2.72. The molecule has 0 amide bonds. The van der Waals surface area contributed by atoms with Gasteiger partial charge in [0.1, 0.15) is 5.82 Å². The van der Waals surface area contributed by atoms with Gasteiger partial charge in [0.05, 0.1) is 6.04 Å². The van der Waals surface area contributed by atoms with Crippen molar-refractivity contribution in [2.45, 2.75) is 12.5 Å². The fraction of sp³-hybridized carbons (Fsp3) is 0.150. The van der Waals surface area contributed by atoms with Crippen molar-refractivity contribution in [2.75, 3.05) is 6.54 Å². The number of nitrogens with zero attached hydrogens (tertiary/aromatic N) is 1. The topological polar surface area (TPSA) is 40.7 Å². The second kappa shape index (κ2) is 5.14. The van der Waals surface area contributed by atoms with E-state index >= 15 is 0 Å². The van der Waals surface area contributed by atoms with Crippen LogP contribution < -0.4 is 5.32 Å². The number of hydrogen-bond donors (Lipinski definition) is 2. The summed E-state index contributed by atoms with van der Waals surface area (Å²) in [6.45, 7) is 0.884. The molecular weight excluding hydrogens is 301 g/mol. The van der Waals surface area contributed by atoms with Crippen LogP contribution in [0, 0.1) is 5.82 Å². The van der Waals surface area contributed by atoms with Crippen LogP contribution in [-0.4, -0.2) is 16.5 Å². The van der Waals surface area contributed by atoms with E-state index in [0.717, 1.165) is 34.9 Å². The summed E-state index contributed by atoms with van der Waals surface area (Å²) in [5, 5.41) is 6.91. The van der Waals surface area contributed by atoms with Crippen LogP contribution in [-0.2, 0) is 6.42 Å². The molecule has 1 aliphatic heterocycles. The smallest absolute Gasteiger partial charge is 0.123 e. The summed E-state index contributed by atoms with van der Waals surface area (Å²) in [7, 11) is 0. The third-order valence-electron chi connectivity index (χ3n) is 4.91. The van der Waals surface area contributed by atoms with Gasteiger partial charge in [-0.3, -0.25) is 4.98 Å². The first kappa shape index (κ1) is 13.7. The molecule has 0 spiro atoms. The number of fused-ring (bicyclic) bond motifs is 4. The monoisotopic (exact) mass is 317 g/mol. The van der Waals surface area contributed by atoms with Gasteiger partial charge in [0.15, 0.2) is 0 Å². The second-order valence-corrected chi connectivity index (χ2v) is 6.33. The molecule has 0 saturated heterocycles. The standard InChI is InChI=1S/C20H16FN3/c21-15-3-4-18-17(10-15)16-6-8-23-19(20(16)24-18)13-1-2-14-11-22-7-5-12(14)9-13/h1-5,7,9-11,19,23-24H,6,8H2. The van der Waals surface area contributed by atoms with Gasteiger partial charge in [0, 0.05) is 40.9 Å². The molecule has 5 rings (SSSR count). The highest BCUT2D eigenvalue weighted by Gasteiger charge is 2.25.